The minimum absolute atomic E-state index is 0.133. The van der Waals surface area contributed by atoms with Crippen LogP contribution in [0.2, 0.25) is 10.3 Å². The van der Waals surface area contributed by atoms with Crippen LogP contribution in [0, 0.1) is 11.3 Å². The fraction of sp³-hybridized carbons (Fsp3) is 0.211. The van der Waals surface area contributed by atoms with Crippen molar-refractivity contribution in [3.63, 3.8) is 0 Å². The van der Waals surface area contributed by atoms with Gasteiger partial charge in [-0.3, -0.25) is 4.99 Å². The number of nitriles is 1. The molecular formula is C19H11Cl2F3N6. The second-order valence-electron chi connectivity index (χ2n) is 6.70. The van der Waals surface area contributed by atoms with Gasteiger partial charge in [-0.25, -0.2) is 14.6 Å². The summed E-state index contributed by atoms with van der Waals surface area (Å²) in [4.78, 5) is 11.7. The van der Waals surface area contributed by atoms with E-state index in [0.717, 1.165) is 18.3 Å². The molecule has 6 nitrogen and oxygen atoms in total. The third kappa shape index (κ3) is 3.42. The molecule has 2 atom stereocenters. The molecule has 152 valence electrons. The van der Waals surface area contributed by atoms with Gasteiger partial charge in [-0.15, -0.1) is 0 Å². The van der Waals surface area contributed by atoms with E-state index in [2.05, 4.69) is 20.1 Å². The first kappa shape index (κ1) is 20.3. The van der Waals surface area contributed by atoms with Gasteiger partial charge in [0.1, 0.15) is 34.4 Å². The van der Waals surface area contributed by atoms with Crippen molar-refractivity contribution in [2.24, 2.45) is 4.99 Å². The van der Waals surface area contributed by atoms with Crippen LogP contribution in [0.15, 0.2) is 48.0 Å². The van der Waals surface area contributed by atoms with Gasteiger partial charge in [0.2, 0.25) is 0 Å². The fourth-order valence-electron chi connectivity index (χ4n) is 3.48. The zero-order valence-electron chi connectivity index (χ0n) is 15.0. The van der Waals surface area contributed by atoms with E-state index in [1.54, 1.807) is 12.1 Å². The molecule has 0 amide bonds. The van der Waals surface area contributed by atoms with Crippen molar-refractivity contribution in [3.8, 4) is 11.8 Å². The van der Waals surface area contributed by atoms with Gasteiger partial charge in [0.25, 0.3) is 0 Å². The molecule has 0 saturated heterocycles. The highest BCUT2D eigenvalue weighted by atomic mass is 35.5. The van der Waals surface area contributed by atoms with Crippen molar-refractivity contribution < 1.29 is 13.2 Å². The van der Waals surface area contributed by atoms with Gasteiger partial charge in [-0.2, -0.15) is 23.5 Å². The van der Waals surface area contributed by atoms with Crippen LogP contribution in [0.1, 0.15) is 29.2 Å². The molecule has 30 heavy (non-hydrogen) atoms. The van der Waals surface area contributed by atoms with Crippen molar-refractivity contribution in [2.45, 2.75) is 24.1 Å². The van der Waals surface area contributed by atoms with Gasteiger partial charge in [0.05, 0.1) is 17.3 Å². The first-order valence-electron chi connectivity index (χ1n) is 8.57. The van der Waals surface area contributed by atoms with E-state index in [1.807, 2.05) is 6.07 Å². The first-order chi connectivity index (χ1) is 14.2. The summed E-state index contributed by atoms with van der Waals surface area (Å²) in [6.45, 7) is 0. The number of aliphatic imine (C=N–C) groups is 1. The maximum Gasteiger partial charge on any atom is 0.403 e. The fourth-order valence-corrected chi connectivity index (χ4v) is 3.94. The summed E-state index contributed by atoms with van der Waals surface area (Å²) in [5.74, 6) is 0. The Morgan fingerprint density at radius 1 is 1.17 bits per heavy atom. The lowest BCUT2D eigenvalue weighted by Crippen LogP contribution is -2.42. The molecule has 0 aliphatic carbocycles. The molecule has 4 rings (SSSR count). The van der Waals surface area contributed by atoms with Crippen LogP contribution in [0.5, 0.6) is 0 Å². The first-order valence-corrected chi connectivity index (χ1v) is 9.33. The van der Waals surface area contributed by atoms with E-state index in [1.165, 1.54) is 23.4 Å². The number of rotatable bonds is 3. The van der Waals surface area contributed by atoms with Crippen LogP contribution in [-0.4, -0.2) is 32.1 Å². The largest absolute Gasteiger partial charge is 0.403 e. The molecule has 0 fully saturated rings. The number of benzene rings is 1. The number of aromatic nitrogens is 4. The lowest BCUT2D eigenvalue weighted by Gasteiger charge is -2.30. The molecule has 1 aromatic carbocycles. The topological polar surface area (TPSA) is 79.8 Å². The highest BCUT2D eigenvalue weighted by Crippen LogP contribution is 2.50. The summed E-state index contributed by atoms with van der Waals surface area (Å²) < 4.78 is 43.9. The van der Waals surface area contributed by atoms with E-state index in [-0.39, 0.29) is 27.9 Å². The predicted molar refractivity (Wildman–Crippen MR) is 104 cm³/mol. The Hall–Kier alpha value is -2.96. The van der Waals surface area contributed by atoms with Gasteiger partial charge in [-0.05, 0) is 41.8 Å². The predicted octanol–water partition coefficient (Wildman–Crippen LogP) is 4.86. The minimum Gasteiger partial charge on any atom is -0.288 e. The van der Waals surface area contributed by atoms with E-state index in [0.29, 0.717) is 11.3 Å². The maximum atomic E-state index is 14.2. The normalized spacial score (nSPS) is 21.0. The Balaban J connectivity index is 1.74. The standard InChI is InChI=1S/C19H11Cl2F3N6/c20-16-4-13(5-17(21)29-16)18(19(22,23)24)6-14(27-8-18)11-1-2-15(12(3-11)7-25)30-10-26-9-28-30/h1-5,8-10,14H,6H2. The van der Waals surface area contributed by atoms with E-state index >= 15 is 0 Å². The van der Waals surface area contributed by atoms with E-state index in [4.69, 9.17) is 23.2 Å². The minimum atomic E-state index is -4.64. The maximum absolute atomic E-state index is 14.2. The van der Waals surface area contributed by atoms with Gasteiger partial charge in [0.15, 0.2) is 0 Å². The Kier molecular flexibility index (Phi) is 5.00. The van der Waals surface area contributed by atoms with Gasteiger partial charge < -0.3 is 0 Å². The molecular weight excluding hydrogens is 440 g/mol. The molecule has 2 unspecified atom stereocenters. The second-order valence-corrected chi connectivity index (χ2v) is 7.47. The molecule has 0 spiro atoms. The number of hydrogen-bond donors (Lipinski definition) is 0. The molecule has 1 aliphatic heterocycles. The molecule has 2 aromatic heterocycles. The van der Waals surface area contributed by atoms with Gasteiger partial charge in [-0.1, -0.05) is 29.3 Å². The summed E-state index contributed by atoms with van der Waals surface area (Å²) in [5.41, 5.74) is -1.32. The Bertz CT molecular complexity index is 1150. The Morgan fingerprint density at radius 3 is 2.50 bits per heavy atom. The van der Waals surface area contributed by atoms with Crippen LogP contribution < -0.4 is 0 Å². The molecule has 0 radical (unpaired) electrons. The van der Waals surface area contributed by atoms with Crippen LogP contribution >= 0.6 is 23.2 Å². The van der Waals surface area contributed by atoms with E-state index < -0.39 is 17.6 Å². The third-order valence-corrected chi connectivity index (χ3v) is 5.35. The zero-order chi connectivity index (χ0) is 21.5. The summed E-state index contributed by atoms with van der Waals surface area (Å²) in [5, 5.41) is 13.2. The SMILES string of the molecule is N#Cc1cc(C2CC(c3cc(Cl)nc(Cl)c3)(C(F)(F)F)C=N2)ccc1-n1cncn1. The number of halogens is 5. The Labute approximate surface area is 178 Å². The monoisotopic (exact) mass is 450 g/mol. The highest BCUT2D eigenvalue weighted by molar-refractivity contribution is 6.32. The summed E-state index contributed by atoms with van der Waals surface area (Å²) >= 11 is 11.7. The zero-order valence-corrected chi connectivity index (χ0v) is 16.5. The van der Waals surface area contributed by atoms with Gasteiger partial charge in [0, 0.05) is 6.21 Å². The van der Waals surface area contributed by atoms with Crippen LogP contribution in [0.4, 0.5) is 13.2 Å². The van der Waals surface area contributed by atoms with Crippen molar-refractivity contribution in [1.29, 1.82) is 5.26 Å². The number of hydrogen-bond acceptors (Lipinski definition) is 5. The highest BCUT2D eigenvalue weighted by Gasteiger charge is 2.58. The van der Waals surface area contributed by atoms with Crippen LogP contribution in [0.3, 0.4) is 0 Å². The molecule has 11 heteroatoms. The average Bonchev–Trinajstić information content (AvgIpc) is 3.37. The number of nitrogens with zero attached hydrogens (tertiary/aromatic N) is 6. The summed E-state index contributed by atoms with van der Waals surface area (Å²) in [6.07, 6.45) is -1.40. The summed E-state index contributed by atoms with van der Waals surface area (Å²) in [7, 11) is 0. The van der Waals surface area contributed by atoms with Crippen molar-refractivity contribution in [2.75, 3.05) is 0 Å². The molecule has 0 bridgehead atoms. The molecule has 0 N–H and O–H groups in total. The number of alkyl halides is 3. The molecule has 3 aromatic rings. The van der Waals surface area contributed by atoms with Crippen molar-refractivity contribution >= 4 is 29.4 Å². The van der Waals surface area contributed by atoms with Crippen LogP contribution in [-0.2, 0) is 5.41 Å². The average molecular weight is 451 g/mol. The molecule has 3 heterocycles. The number of pyridine rings is 1. The Morgan fingerprint density at radius 2 is 1.90 bits per heavy atom. The molecule has 0 saturated carbocycles. The van der Waals surface area contributed by atoms with E-state index in [9.17, 15) is 18.4 Å². The lowest BCUT2D eigenvalue weighted by molar-refractivity contribution is -0.168. The smallest absolute Gasteiger partial charge is 0.288 e. The van der Waals surface area contributed by atoms with Crippen LogP contribution in [0.25, 0.3) is 5.69 Å². The summed E-state index contributed by atoms with van der Waals surface area (Å²) in [6, 6.07) is 8.25. The quantitative estimate of drug-likeness (QED) is 0.533. The lowest BCUT2D eigenvalue weighted by atomic mass is 9.77. The van der Waals surface area contributed by atoms with Gasteiger partial charge >= 0.3 is 6.18 Å². The second kappa shape index (κ2) is 7.38. The third-order valence-electron chi connectivity index (χ3n) is 4.97. The van der Waals surface area contributed by atoms with Crippen molar-refractivity contribution in [1.82, 2.24) is 19.7 Å². The molecule has 1 aliphatic rings. The van der Waals surface area contributed by atoms with Crippen molar-refractivity contribution in [3.05, 3.63) is 70.0 Å².